The van der Waals surface area contributed by atoms with Crippen LogP contribution in [0.3, 0.4) is 0 Å². The summed E-state index contributed by atoms with van der Waals surface area (Å²) in [6, 6.07) is 18.7. The fourth-order valence-corrected chi connectivity index (χ4v) is 15.3. The second kappa shape index (κ2) is 20.0. The number of benzene rings is 5. The Hall–Kier alpha value is -4.01. The van der Waals surface area contributed by atoms with Crippen LogP contribution in [0, 0.1) is 83.1 Å². The van der Waals surface area contributed by atoms with Gasteiger partial charge in [-0.1, -0.05) is 118 Å². The lowest BCUT2D eigenvalue weighted by Gasteiger charge is -2.37. The van der Waals surface area contributed by atoms with Crippen molar-refractivity contribution in [2.75, 3.05) is 0 Å². The molecule has 1 unspecified atom stereocenters. The fourth-order valence-electron chi connectivity index (χ4n) is 12.0. The van der Waals surface area contributed by atoms with Crippen LogP contribution in [0.2, 0.25) is 0 Å². The van der Waals surface area contributed by atoms with Gasteiger partial charge in [0, 0.05) is 0 Å². The van der Waals surface area contributed by atoms with Crippen molar-refractivity contribution in [2.24, 2.45) is 0 Å². The molecular weight excluding hydrogens is 786 g/mol. The highest BCUT2D eigenvalue weighted by Crippen LogP contribution is 2.49. The Morgan fingerprint density at radius 1 is 0.444 bits per heavy atom. The normalized spacial score (nSPS) is 15.4. The highest BCUT2D eigenvalue weighted by Gasteiger charge is 2.38. The predicted molar refractivity (Wildman–Crippen MR) is 273 cm³/mol. The zero-order valence-corrected chi connectivity index (χ0v) is 42.4. The molecule has 5 aromatic rings. The van der Waals surface area contributed by atoms with E-state index in [2.05, 4.69) is 145 Å². The minimum atomic E-state index is -1.02. The Bertz CT molecular complexity index is 2340. The van der Waals surface area contributed by atoms with E-state index >= 15 is 0 Å². The molecule has 2 aliphatic carbocycles. The molecule has 63 heavy (non-hydrogen) atoms. The lowest BCUT2D eigenvalue weighted by molar-refractivity contribution is 0.302. The fraction of sp³-hybridized carbons (Fsp3) is 0.483. The van der Waals surface area contributed by atoms with Crippen molar-refractivity contribution in [3.63, 3.8) is 0 Å². The smallest absolute Gasteiger partial charge is 0.489 e. The predicted octanol–water partition coefficient (Wildman–Crippen LogP) is 14.9. The van der Waals surface area contributed by atoms with Crippen LogP contribution in [0.1, 0.15) is 179 Å². The molecule has 0 radical (unpaired) electrons. The Morgan fingerprint density at radius 3 is 1.29 bits per heavy atom. The van der Waals surface area contributed by atoms with Crippen molar-refractivity contribution in [3.8, 4) is 17.2 Å². The summed E-state index contributed by atoms with van der Waals surface area (Å²) < 4.78 is 21.1. The Morgan fingerprint density at radius 2 is 0.841 bits per heavy atom. The summed E-state index contributed by atoms with van der Waals surface area (Å²) >= 11 is 0. The van der Waals surface area contributed by atoms with E-state index in [1.54, 1.807) is 27.6 Å². The maximum Gasteiger partial charge on any atom is 0.864 e. The van der Waals surface area contributed by atoms with Gasteiger partial charge in [-0.2, -0.15) is 0 Å². The first-order valence-corrected chi connectivity index (χ1v) is 25.8. The Labute approximate surface area is 384 Å². The van der Waals surface area contributed by atoms with E-state index in [0.717, 1.165) is 57.9 Å². The van der Waals surface area contributed by atoms with Gasteiger partial charge in [0.05, 0.1) is 0 Å². The number of rotatable bonds is 13. The lowest BCUT2D eigenvalue weighted by Crippen LogP contribution is -2.39. The zero-order chi connectivity index (χ0) is 45.3. The molecule has 5 heteroatoms. The molecule has 2 fully saturated rings. The summed E-state index contributed by atoms with van der Waals surface area (Å²) in [7, 11) is -2.02. The molecule has 0 amide bonds. The average Bonchev–Trinajstić information content (AvgIpc) is 3.23. The van der Waals surface area contributed by atoms with Gasteiger partial charge in [-0.05, 0) is 230 Å². The van der Waals surface area contributed by atoms with E-state index in [1.165, 1.54) is 114 Å². The largest absolute Gasteiger partial charge is 0.864 e. The van der Waals surface area contributed by atoms with Crippen LogP contribution in [0.25, 0.3) is 0 Å². The molecule has 334 valence electrons. The van der Waals surface area contributed by atoms with Crippen molar-refractivity contribution in [2.45, 2.75) is 186 Å². The standard InChI is InChI=1S/C58H76BO3P/c1-15-47-34-51(53(49-25-21-18-22-26-49)50(16-2)52(47)48-23-19-17-20-24-48)63(57-43(11)31-37(5)32-44(57)12)58-45(13)33-42(10)56(46(58)14)62-59(60-54-38(6)27-35(3)28-39(54)7)61-55-40(8)29-36(4)30-41(55)9/h27-34,48-49H,15-26H2,1-14H3. The quantitative estimate of drug-likeness (QED) is 0.0872. The van der Waals surface area contributed by atoms with Gasteiger partial charge in [-0.3, -0.25) is 0 Å². The second-order valence-electron chi connectivity index (χ2n) is 19.7. The molecule has 0 spiro atoms. The van der Waals surface area contributed by atoms with Crippen molar-refractivity contribution in [1.29, 1.82) is 0 Å². The van der Waals surface area contributed by atoms with Gasteiger partial charge in [0.2, 0.25) is 0 Å². The third kappa shape index (κ3) is 9.83. The van der Waals surface area contributed by atoms with Crippen molar-refractivity contribution in [3.05, 3.63) is 138 Å². The van der Waals surface area contributed by atoms with Crippen LogP contribution in [0.5, 0.6) is 17.2 Å². The molecule has 2 saturated carbocycles. The van der Waals surface area contributed by atoms with E-state index < -0.39 is 15.2 Å². The molecule has 2 aliphatic rings. The molecule has 1 atom stereocenters. The molecule has 0 aromatic heterocycles. The summed E-state index contributed by atoms with van der Waals surface area (Å²) in [6.07, 6.45) is 15.5. The summed E-state index contributed by atoms with van der Waals surface area (Å²) in [5.41, 5.74) is 21.2. The molecule has 0 saturated heterocycles. The van der Waals surface area contributed by atoms with Crippen molar-refractivity contribution >= 4 is 31.2 Å². The first-order chi connectivity index (χ1) is 30.1. The first kappa shape index (κ1) is 47.0. The van der Waals surface area contributed by atoms with Gasteiger partial charge >= 0.3 is 7.32 Å². The Kier molecular flexibility index (Phi) is 14.9. The lowest BCUT2D eigenvalue weighted by atomic mass is 9.74. The summed E-state index contributed by atoms with van der Waals surface area (Å²) in [6.45, 7) is 31.5. The number of aryl methyl sites for hydroxylation is 12. The van der Waals surface area contributed by atoms with Crippen LogP contribution < -0.4 is 29.9 Å². The van der Waals surface area contributed by atoms with E-state index in [1.807, 2.05) is 0 Å². The molecule has 0 heterocycles. The van der Waals surface area contributed by atoms with Crippen LogP contribution in [0.4, 0.5) is 0 Å². The highest BCUT2D eigenvalue weighted by atomic mass is 31.1. The van der Waals surface area contributed by atoms with Gasteiger partial charge in [-0.15, -0.1) is 0 Å². The summed E-state index contributed by atoms with van der Waals surface area (Å²) in [5.74, 6) is 3.72. The van der Waals surface area contributed by atoms with Gasteiger partial charge in [-0.25, -0.2) is 0 Å². The molecular formula is C58H76BO3P. The Balaban J connectivity index is 1.49. The molecule has 0 bridgehead atoms. The van der Waals surface area contributed by atoms with Gasteiger partial charge in [0.15, 0.2) is 0 Å². The van der Waals surface area contributed by atoms with Crippen molar-refractivity contribution in [1.82, 2.24) is 0 Å². The summed E-state index contributed by atoms with van der Waals surface area (Å²) in [5, 5.41) is 4.52. The van der Waals surface area contributed by atoms with Crippen LogP contribution >= 0.6 is 7.92 Å². The summed E-state index contributed by atoms with van der Waals surface area (Å²) in [4.78, 5) is 0. The average molecular weight is 863 g/mol. The highest BCUT2D eigenvalue weighted by molar-refractivity contribution is 7.80. The molecule has 7 rings (SSSR count). The van der Waals surface area contributed by atoms with Crippen LogP contribution in [0.15, 0.2) is 48.5 Å². The second-order valence-corrected chi connectivity index (χ2v) is 21.8. The van der Waals surface area contributed by atoms with Gasteiger partial charge in [0.1, 0.15) is 17.2 Å². The van der Waals surface area contributed by atoms with Crippen LogP contribution in [-0.2, 0) is 12.8 Å². The third-order valence-corrected chi connectivity index (χ3v) is 17.5. The van der Waals surface area contributed by atoms with Gasteiger partial charge < -0.3 is 14.0 Å². The number of hydrogen-bond acceptors (Lipinski definition) is 3. The minimum absolute atomic E-state index is 0.586. The molecule has 0 N–H and O–H groups in total. The minimum Gasteiger partial charge on any atom is -0.489 e. The monoisotopic (exact) mass is 863 g/mol. The third-order valence-electron chi connectivity index (χ3n) is 14.4. The first-order valence-electron chi connectivity index (χ1n) is 24.4. The molecule has 0 aliphatic heterocycles. The van der Waals surface area contributed by atoms with E-state index in [-0.39, 0.29) is 0 Å². The molecule has 3 nitrogen and oxygen atoms in total. The van der Waals surface area contributed by atoms with Crippen LogP contribution in [-0.4, -0.2) is 7.32 Å². The van der Waals surface area contributed by atoms with Gasteiger partial charge in [0.25, 0.3) is 0 Å². The molecule has 5 aromatic carbocycles. The van der Waals surface area contributed by atoms with Crippen molar-refractivity contribution < 1.29 is 14.0 Å². The zero-order valence-electron chi connectivity index (χ0n) is 41.5. The topological polar surface area (TPSA) is 27.7 Å². The number of hydrogen-bond donors (Lipinski definition) is 0. The van der Waals surface area contributed by atoms with E-state index in [4.69, 9.17) is 14.0 Å². The van der Waals surface area contributed by atoms with E-state index in [0.29, 0.717) is 11.8 Å². The van der Waals surface area contributed by atoms with E-state index in [9.17, 15) is 0 Å². The maximum absolute atomic E-state index is 7.26. The maximum atomic E-state index is 7.26. The SMILES string of the molecule is CCc1cc(P(c2c(C)cc(C)cc2C)c2c(C)cc(C)c(OB(Oc3c(C)cc(C)cc3C)Oc3c(C)cc(C)cc3C)c2C)c(C2CCCCC2)c(CC)c1C1CCCCC1.